The number of carbonyl (C=O) groups excluding carboxylic acids is 8. The molecule has 4 aliphatic carbocycles. The van der Waals surface area contributed by atoms with Gasteiger partial charge >= 0.3 is 11.9 Å². The molecule has 0 unspecified atom stereocenters. The fourth-order valence-electron chi connectivity index (χ4n) is 18.4. The molecular weight excluding hydrogens is 1530 g/mol. The summed E-state index contributed by atoms with van der Waals surface area (Å²) >= 11 is 0. The van der Waals surface area contributed by atoms with E-state index in [-0.39, 0.29) is 101 Å². The summed E-state index contributed by atoms with van der Waals surface area (Å²) in [6.07, 6.45) is 18.3. The molecule has 13 rings (SSSR count). The van der Waals surface area contributed by atoms with E-state index >= 15 is 0 Å². The van der Waals surface area contributed by atoms with E-state index in [0.717, 1.165) is 71.5 Å². The predicted octanol–water partition coefficient (Wildman–Crippen LogP) is 12.2. The Morgan fingerprint density at radius 3 is 1.77 bits per heavy atom. The van der Waals surface area contributed by atoms with Crippen LogP contribution in [0.25, 0.3) is 21.8 Å². The Hall–Kier alpha value is -8.34. The number of methoxy groups -OCH3 is 4. The smallest absolute Gasteiger partial charge is 0.307 e. The number of nitrogens with one attached hydrogen (secondary N) is 2. The van der Waals surface area contributed by atoms with Gasteiger partial charge in [-0.2, -0.15) is 0 Å². The summed E-state index contributed by atoms with van der Waals surface area (Å²) in [5.74, 6) is -3.49. The van der Waals surface area contributed by atoms with Crippen molar-refractivity contribution in [3.63, 3.8) is 0 Å². The summed E-state index contributed by atoms with van der Waals surface area (Å²) in [5.41, 5.74) is -1.10. The van der Waals surface area contributed by atoms with Crippen molar-refractivity contribution >= 4 is 89.0 Å². The second-order valence-corrected chi connectivity index (χ2v) is 40.4. The number of sulfonamides is 2. The Morgan fingerprint density at radius 2 is 1.24 bits per heavy atom. The van der Waals surface area contributed by atoms with Crippen LogP contribution in [0.4, 0.5) is 0 Å². The molecule has 0 radical (unpaired) electrons. The summed E-state index contributed by atoms with van der Waals surface area (Å²) in [6, 6.07) is 9.47. The van der Waals surface area contributed by atoms with Gasteiger partial charge in [0.15, 0.2) is 11.6 Å². The van der Waals surface area contributed by atoms with Crippen LogP contribution in [0.5, 0.6) is 23.0 Å². The summed E-state index contributed by atoms with van der Waals surface area (Å²) in [5, 5.41) is 1.81. The highest BCUT2D eigenvalue weighted by Gasteiger charge is 2.67. The number of allylic oxidation sites excluding steroid dienone is 4. The number of ether oxygens (including phenoxy) is 8. The van der Waals surface area contributed by atoms with Gasteiger partial charge in [-0.3, -0.25) is 47.8 Å². The van der Waals surface area contributed by atoms with E-state index in [1.807, 2.05) is 68.5 Å². The number of ketones is 2. The molecule has 4 amide bonds. The van der Waals surface area contributed by atoms with Crippen molar-refractivity contribution < 1.29 is 93.1 Å². The van der Waals surface area contributed by atoms with Crippen LogP contribution < -0.4 is 28.4 Å². The van der Waals surface area contributed by atoms with Crippen LogP contribution in [0, 0.1) is 48.3 Å². The Balaban J connectivity index is 0.000000214. The van der Waals surface area contributed by atoms with Crippen molar-refractivity contribution in [2.24, 2.45) is 34.5 Å². The number of carbonyl (C=O) groups is 8. The Bertz CT molecular complexity index is 4790. The maximum Gasteiger partial charge on any atom is 0.307 e. The highest BCUT2D eigenvalue weighted by atomic mass is 32.2. The fourth-order valence-corrected chi connectivity index (χ4v) is 21.5. The number of esters is 2. The lowest BCUT2D eigenvalue weighted by molar-refractivity contribution is -0.159. The maximum atomic E-state index is 14.9. The molecule has 2 N–H and O–H groups in total. The number of hydrogen-bond acceptors (Lipinski definition) is 22. The SMILES string of the molecule is C=CCCCCC[C@H](CC(=O)OC(C)(C)C)C(=O)N1C[C@@]2(CCc3c(c(C)nc4ccc(OC)cc34)O2)C[C@H]1C(=O)C[C@]1(C(=O)NS(=O)(=O)C2(COC)CC2)C[C@H]1C=C.COCC1(S(=O)(=O)NC(=O)[C@]23CC(=O)[C@@H]4C[C@]5(CCc6c(c(C)nc7ccc(OC)cc67)O5)CN4C(=O)[C@@H](CC(=O)OC(C)(C)C)CCCCC/C=C\[C@@H]2C3)CC1. The minimum atomic E-state index is -4.11. The van der Waals surface area contributed by atoms with Crippen LogP contribution in [0.1, 0.15) is 218 Å². The van der Waals surface area contributed by atoms with Gasteiger partial charge in [-0.25, -0.2) is 26.8 Å². The third-order valence-corrected chi connectivity index (χ3v) is 29.6. The molecule has 2 aromatic heterocycles. The van der Waals surface area contributed by atoms with Crippen LogP contribution in [-0.2, 0) is 90.2 Å². The first kappa shape index (κ1) is 87.0. The number of likely N-dealkylation sites (tertiary alicyclic amines) is 1. The molecule has 26 nitrogen and oxygen atoms in total. The van der Waals surface area contributed by atoms with Gasteiger partial charge in [-0.05, 0) is 206 Å². The van der Waals surface area contributed by atoms with E-state index in [1.165, 1.54) is 14.2 Å². The van der Waals surface area contributed by atoms with Gasteiger partial charge in [0.2, 0.25) is 43.7 Å². The molecule has 2 aromatic carbocycles. The average Bonchev–Trinajstić information content (AvgIpc) is 1.52. The number of rotatable bonds is 27. The van der Waals surface area contributed by atoms with E-state index in [0.29, 0.717) is 118 Å². The van der Waals surface area contributed by atoms with Crippen LogP contribution in [0.15, 0.2) is 73.9 Å². The molecule has 9 aliphatic rings. The monoisotopic (exact) mass is 1640 g/mol. The van der Waals surface area contributed by atoms with E-state index in [2.05, 4.69) is 22.6 Å². The van der Waals surface area contributed by atoms with Gasteiger partial charge in [0, 0.05) is 73.6 Å². The van der Waals surface area contributed by atoms with Crippen molar-refractivity contribution in [2.45, 2.75) is 266 Å². The van der Waals surface area contributed by atoms with Gasteiger partial charge in [0.1, 0.15) is 54.9 Å². The predicted molar refractivity (Wildman–Crippen MR) is 435 cm³/mol. The lowest BCUT2D eigenvalue weighted by Crippen LogP contribution is -2.48. The van der Waals surface area contributed by atoms with Gasteiger partial charge in [0.05, 0.1) is 98.7 Å². The molecule has 10 atom stereocenters. The molecule has 28 heteroatoms. The summed E-state index contributed by atoms with van der Waals surface area (Å²) in [4.78, 5) is 127. The van der Waals surface area contributed by atoms with Crippen molar-refractivity contribution in [1.82, 2.24) is 29.2 Å². The fraction of sp³-hybridized carbons (Fsp3) is 0.636. The average molecular weight is 1640 g/mol. The first-order chi connectivity index (χ1) is 54.8. The molecule has 632 valence electrons. The molecule has 116 heavy (non-hydrogen) atoms. The van der Waals surface area contributed by atoms with Gasteiger partial charge in [-0.15, -0.1) is 13.2 Å². The molecule has 5 aliphatic heterocycles. The Morgan fingerprint density at radius 1 is 0.681 bits per heavy atom. The van der Waals surface area contributed by atoms with Crippen molar-refractivity contribution in [3.8, 4) is 23.0 Å². The quantitative estimate of drug-likeness (QED) is 0.0318. The van der Waals surface area contributed by atoms with E-state index in [1.54, 1.807) is 71.6 Å². The second kappa shape index (κ2) is 33.8. The third kappa shape index (κ3) is 18.4. The topological polar surface area (TPSA) is 335 Å². The number of unbranched alkanes of at least 4 members (excludes halogenated alkanes) is 3. The standard InChI is InChI=1S/C45H61N3O10S.C43H57N3O10S/c1-9-11-12-13-14-15-30(22-38(50)57-42(4,5)6)40(51)48-27-43(19-18-33-34-23-32(56-8)16-17-35(34)46-29(3)39(33)58-43)25-36(48)37(49)26-45(24-31(45)10-2)41(52)47-59(53,54)44(20-21-44)28-55-7;1-27-37-31(32-21-30(54-6)14-15-33(32)44-27)16-17-41(56-37)23-34-35(47)24-43(39(50)45-57(51,52)42(18-19-42)26-53-5)22-29(43)13-11-9-7-8-10-12-28(38(49)46(34)25-41)20-36(48)55-40(2,3)4/h9-10,16-17,23,30-31,36H,1-2,11-15,18-22,24-28H2,3-8H3,(H,47,52);11,13-15,21,28-29,34H,7-10,12,16-20,22-26H2,1-6H3,(H,45,50)/b;13-11-/t30-,31-,36+,43-,45-;28-,29-,34+,41-,43-/m11/s1. The number of Topliss-reactive ketones (excluding diaryl/α,β-unsaturated/α-hetero) is 2. The number of pyridine rings is 2. The molecule has 0 bridgehead atoms. The van der Waals surface area contributed by atoms with Crippen LogP contribution in [-0.4, -0.2) is 182 Å². The van der Waals surface area contributed by atoms with Crippen molar-refractivity contribution in [1.29, 1.82) is 0 Å². The number of aryl methyl sites for hydroxylation is 4. The van der Waals surface area contributed by atoms with Gasteiger partial charge in [-0.1, -0.05) is 50.0 Å². The van der Waals surface area contributed by atoms with Crippen LogP contribution in [0.2, 0.25) is 0 Å². The molecule has 7 heterocycles. The summed E-state index contributed by atoms with van der Waals surface area (Å²) < 4.78 is 103. The molecule has 4 aromatic rings. The summed E-state index contributed by atoms with van der Waals surface area (Å²) in [6.45, 7) is 22.2. The Labute approximate surface area is 682 Å². The van der Waals surface area contributed by atoms with Crippen molar-refractivity contribution in [3.05, 3.63) is 96.4 Å². The lowest BCUT2D eigenvalue weighted by atomic mass is 9.85. The minimum absolute atomic E-state index is 0.0297. The third-order valence-electron chi connectivity index (χ3n) is 25.3. The number of hydrogen-bond donors (Lipinski definition) is 2. The number of benzene rings is 2. The largest absolute Gasteiger partial charge is 0.497 e. The molecule has 2 spiro atoms. The molecule has 2 saturated heterocycles. The zero-order valence-electron chi connectivity index (χ0n) is 69.6. The summed E-state index contributed by atoms with van der Waals surface area (Å²) in [7, 11) is -2.13. The molecular formula is C88H118N6O20S2. The number of amides is 4. The normalized spacial score (nSPS) is 26.9. The molecule has 6 fully saturated rings. The first-order valence-corrected chi connectivity index (χ1v) is 44.2. The Kier molecular flexibility index (Phi) is 25.4. The highest BCUT2D eigenvalue weighted by molar-refractivity contribution is 7.92. The zero-order valence-corrected chi connectivity index (χ0v) is 71.3. The number of fused-ring (bicyclic) bond motifs is 8. The lowest BCUT2D eigenvalue weighted by Gasteiger charge is -2.36. The van der Waals surface area contributed by atoms with E-state index in [9.17, 15) is 55.2 Å². The number of nitrogens with zero attached hydrogens (tertiary/aromatic N) is 4. The molecule has 4 saturated carbocycles. The van der Waals surface area contributed by atoms with Gasteiger partial charge < -0.3 is 47.7 Å². The van der Waals surface area contributed by atoms with Crippen LogP contribution >= 0.6 is 0 Å². The van der Waals surface area contributed by atoms with E-state index < -0.39 is 116 Å². The second-order valence-electron chi connectivity index (χ2n) is 36.2. The highest BCUT2D eigenvalue weighted by Crippen LogP contribution is 2.60. The van der Waals surface area contributed by atoms with Gasteiger partial charge in [0.25, 0.3) is 0 Å². The van der Waals surface area contributed by atoms with E-state index in [4.69, 9.17) is 47.9 Å². The number of aromatic nitrogens is 2. The maximum absolute atomic E-state index is 14.9. The minimum Gasteiger partial charge on any atom is -0.497 e. The first-order valence-electron chi connectivity index (χ1n) is 41.2. The van der Waals surface area contributed by atoms with Crippen molar-refractivity contribution in [2.75, 3.05) is 54.7 Å². The van der Waals surface area contributed by atoms with Crippen LogP contribution in [0.3, 0.4) is 0 Å². The zero-order chi connectivity index (χ0) is 83.9.